The van der Waals surface area contributed by atoms with Crippen LogP contribution in [0.1, 0.15) is 22.3 Å². The van der Waals surface area contributed by atoms with Gasteiger partial charge in [-0.1, -0.05) is 24.3 Å². The minimum Gasteiger partial charge on any atom is -0.316 e. The van der Waals surface area contributed by atoms with E-state index < -0.39 is 5.82 Å². The first-order valence-corrected chi connectivity index (χ1v) is 8.97. The van der Waals surface area contributed by atoms with Crippen LogP contribution in [0, 0.1) is 11.7 Å². The second-order valence-corrected chi connectivity index (χ2v) is 6.70. The monoisotopic (exact) mass is 401 g/mol. The molecule has 4 rings (SSSR count). The number of aromatic nitrogens is 3. The number of amides is 1. The number of carbonyl (C=O) groups is 1. The maximum absolute atomic E-state index is 13.8. The Hall–Kier alpha value is -2.77. The molecular weight excluding hydrogens is 381 g/mol. The molecule has 1 amide bonds. The van der Waals surface area contributed by atoms with Crippen LogP contribution in [0.2, 0.25) is 0 Å². The number of H-pyrrole nitrogens is 1. The lowest BCUT2D eigenvalue weighted by molar-refractivity contribution is 0.102. The number of carbonyl (C=O) groups excluding carboxylic acids is 1. The molecule has 1 atom stereocenters. The summed E-state index contributed by atoms with van der Waals surface area (Å²) in [6.07, 6.45) is 2.21. The molecule has 0 aliphatic carbocycles. The van der Waals surface area contributed by atoms with Crippen molar-refractivity contribution in [3.8, 4) is 11.4 Å². The first-order valence-electron chi connectivity index (χ1n) is 8.97. The molecule has 1 aromatic heterocycles. The van der Waals surface area contributed by atoms with Gasteiger partial charge in [0.1, 0.15) is 5.82 Å². The highest BCUT2D eigenvalue weighted by molar-refractivity contribution is 6.03. The lowest BCUT2D eigenvalue weighted by atomic mass is 9.98. The van der Waals surface area contributed by atoms with Crippen molar-refractivity contribution >= 4 is 24.3 Å². The Morgan fingerprint density at radius 1 is 1.18 bits per heavy atom. The van der Waals surface area contributed by atoms with E-state index in [2.05, 4.69) is 25.8 Å². The summed E-state index contributed by atoms with van der Waals surface area (Å²) in [5, 5.41) is 12.6. The van der Waals surface area contributed by atoms with Crippen molar-refractivity contribution in [2.45, 2.75) is 12.8 Å². The van der Waals surface area contributed by atoms with Gasteiger partial charge in [0, 0.05) is 5.56 Å². The summed E-state index contributed by atoms with van der Waals surface area (Å²) in [6.45, 7) is 2.13. The highest BCUT2D eigenvalue weighted by Gasteiger charge is 2.16. The van der Waals surface area contributed by atoms with Crippen molar-refractivity contribution in [1.82, 2.24) is 20.5 Å². The van der Waals surface area contributed by atoms with Crippen LogP contribution in [0.4, 0.5) is 10.3 Å². The van der Waals surface area contributed by atoms with Crippen LogP contribution in [0.3, 0.4) is 0 Å². The van der Waals surface area contributed by atoms with Gasteiger partial charge in [-0.3, -0.25) is 15.2 Å². The summed E-state index contributed by atoms with van der Waals surface area (Å²) in [5.41, 5.74) is 2.05. The van der Waals surface area contributed by atoms with E-state index in [4.69, 9.17) is 0 Å². The first-order chi connectivity index (χ1) is 13.2. The van der Waals surface area contributed by atoms with Gasteiger partial charge in [-0.05, 0) is 61.7 Å². The molecule has 1 saturated heterocycles. The number of benzene rings is 2. The predicted molar refractivity (Wildman–Crippen MR) is 108 cm³/mol. The lowest BCUT2D eigenvalue weighted by Gasteiger charge is -2.08. The van der Waals surface area contributed by atoms with E-state index in [1.807, 2.05) is 12.1 Å². The van der Waals surface area contributed by atoms with Gasteiger partial charge in [0.15, 0.2) is 5.82 Å². The normalized spacial score (nSPS) is 15.8. The van der Waals surface area contributed by atoms with Crippen LogP contribution >= 0.6 is 12.4 Å². The number of halogens is 2. The van der Waals surface area contributed by atoms with Crippen molar-refractivity contribution < 1.29 is 9.18 Å². The quantitative estimate of drug-likeness (QED) is 0.611. The van der Waals surface area contributed by atoms with E-state index >= 15 is 0 Å². The summed E-state index contributed by atoms with van der Waals surface area (Å²) in [4.78, 5) is 16.5. The average Bonchev–Trinajstić information content (AvgIpc) is 3.35. The maximum atomic E-state index is 13.8. The van der Waals surface area contributed by atoms with Gasteiger partial charge in [-0.2, -0.15) is 4.98 Å². The number of nitrogens with zero attached hydrogens (tertiary/aromatic N) is 2. The van der Waals surface area contributed by atoms with Crippen LogP contribution in [0.15, 0.2) is 48.5 Å². The zero-order valence-corrected chi connectivity index (χ0v) is 15.9. The summed E-state index contributed by atoms with van der Waals surface area (Å²) in [5.74, 6) is 0.334. The molecule has 2 aromatic carbocycles. The van der Waals surface area contributed by atoms with Crippen molar-refractivity contribution in [3.05, 3.63) is 65.5 Å². The van der Waals surface area contributed by atoms with E-state index in [0.717, 1.165) is 19.5 Å². The maximum Gasteiger partial charge on any atom is 0.258 e. The molecule has 0 bridgehead atoms. The fourth-order valence-corrected chi connectivity index (χ4v) is 3.28. The molecular formula is C20H21ClFN5O. The third-order valence-electron chi connectivity index (χ3n) is 4.74. The van der Waals surface area contributed by atoms with E-state index in [0.29, 0.717) is 17.0 Å². The Balaban J connectivity index is 0.00000225. The molecule has 0 radical (unpaired) electrons. The van der Waals surface area contributed by atoms with Gasteiger partial charge in [-0.25, -0.2) is 4.39 Å². The van der Waals surface area contributed by atoms with Crippen molar-refractivity contribution in [2.75, 3.05) is 18.4 Å². The molecule has 0 spiro atoms. The third kappa shape index (κ3) is 4.55. The van der Waals surface area contributed by atoms with E-state index in [9.17, 15) is 9.18 Å². The number of hydrogen-bond acceptors (Lipinski definition) is 4. The largest absolute Gasteiger partial charge is 0.316 e. The highest BCUT2D eigenvalue weighted by atomic mass is 35.5. The van der Waals surface area contributed by atoms with Gasteiger partial charge in [0.2, 0.25) is 5.95 Å². The molecule has 1 aliphatic heterocycles. The molecule has 2 heterocycles. The number of anilines is 1. The Bertz CT molecular complexity index is 938. The minimum absolute atomic E-state index is 0. The van der Waals surface area contributed by atoms with Crippen LogP contribution < -0.4 is 10.6 Å². The lowest BCUT2D eigenvalue weighted by Crippen LogP contribution is -2.13. The third-order valence-corrected chi connectivity index (χ3v) is 4.74. The Morgan fingerprint density at radius 3 is 2.68 bits per heavy atom. The number of nitrogens with one attached hydrogen (secondary N) is 3. The topological polar surface area (TPSA) is 82.7 Å². The van der Waals surface area contributed by atoms with Gasteiger partial charge in [0.25, 0.3) is 5.91 Å². The van der Waals surface area contributed by atoms with Gasteiger partial charge in [0.05, 0.1) is 5.56 Å². The van der Waals surface area contributed by atoms with Gasteiger partial charge >= 0.3 is 0 Å². The zero-order valence-electron chi connectivity index (χ0n) is 15.1. The fourth-order valence-electron chi connectivity index (χ4n) is 3.28. The molecule has 0 saturated carbocycles. The van der Waals surface area contributed by atoms with Crippen molar-refractivity contribution in [3.63, 3.8) is 0 Å². The Morgan fingerprint density at radius 2 is 1.96 bits per heavy atom. The Labute approximate surface area is 168 Å². The zero-order chi connectivity index (χ0) is 18.6. The molecule has 28 heavy (non-hydrogen) atoms. The average molecular weight is 402 g/mol. The van der Waals surface area contributed by atoms with Crippen LogP contribution in [0.25, 0.3) is 11.4 Å². The fraction of sp³-hybridized carbons (Fsp3) is 0.250. The van der Waals surface area contributed by atoms with Gasteiger partial charge < -0.3 is 5.32 Å². The molecule has 8 heteroatoms. The number of hydrogen-bond donors (Lipinski definition) is 3. The SMILES string of the molecule is Cl.O=C(Nc1n[nH]c(-c2ccccc2F)n1)c1ccc(CC2CCNC2)cc1. The first kappa shape index (κ1) is 20.0. The second-order valence-electron chi connectivity index (χ2n) is 6.70. The molecule has 1 unspecified atom stereocenters. The molecule has 1 aliphatic rings. The minimum atomic E-state index is -0.403. The highest BCUT2D eigenvalue weighted by Crippen LogP contribution is 2.20. The molecule has 3 N–H and O–H groups in total. The summed E-state index contributed by atoms with van der Waals surface area (Å²) < 4.78 is 13.8. The van der Waals surface area contributed by atoms with Crippen LogP contribution in [0.5, 0.6) is 0 Å². The molecule has 1 fully saturated rings. The van der Waals surface area contributed by atoms with Gasteiger partial charge in [-0.15, -0.1) is 17.5 Å². The van der Waals surface area contributed by atoms with E-state index in [1.54, 1.807) is 30.3 Å². The van der Waals surface area contributed by atoms with Crippen LogP contribution in [-0.2, 0) is 6.42 Å². The standard InChI is InChI=1S/C20H20FN5O.ClH/c21-17-4-2-1-3-16(17)18-23-20(26-25-18)24-19(27)15-7-5-13(6-8-15)11-14-9-10-22-12-14;/h1-8,14,22H,9-12H2,(H2,23,24,25,26,27);1H. The summed E-state index contributed by atoms with van der Waals surface area (Å²) in [6, 6.07) is 13.8. The molecule has 146 valence electrons. The summed E-state index contributed by atoms with van der Waals surface area (Å²) in [7, 11) is 0. The van der Waals surface area contributed by atoms with Crippen LogP contribution in [-0.4, -0.2) is 34.2 Å². The van der Waals surface area contributed by atoms with E-state index in [-0.39, 0.29) is 30.1 Å². The number of rotatable bonds is 5. The van der Waals surface area contributed by atoms with E-state index in [1.165, 1.54) is 18.1 Å². The Kier molecular flexibility index (Phi) is 6.38. The predicted octanol–water partition coefficient (Wildman–Crippen LogP) is 3.44. The second kappa shape index (κ2) is 8.95. The van der Waals surface area contributed by atoms with Crippen molar-refractivity contribution in [2.24, 2.45) is 5.92 Å². The molecule has 3 aromatic rings. The summed E-state index contributed by atoms with van der Waals surface area (Å²) >= 11 is 0. The van der Waals surface area contributed by atoms with Crippen molar-refractivity contribution in [1.29, 1.82) is 0 Å². The number of aromatic amines is 1. The smallest absolute Gasteiger partial charge is 0.258 e. The molecule has 6 nitrogen and oxygen atoms in total.